The van der Waals surface area contributed by atoms with Crippen molar-refractivity contribution in [3.8, 4) is 33.4 Å². The SMILES string of the molecule is c1ccc(N2c3ccccc3C3(c4ccccc4-c4c(N(c5cccc(-c6ccc7sc8ccccc8c7c6)c5)c5ccc6c(c5)C(c5ccccc5)(c5ccccc5)c5ccccc5-6)cccc43)c3ccccc32)cc1. The lowest BCUT2D eigenvalue weighted by atomic mass is 9.64. The van der Waals surface area contributed by atoms with Crippen molar-refractivity contribution in [2.24, 2.45) is 0 Å². The van der Waals surface area contributed by atoms with Crippen molar-refractivity contribution >= 4 is 65.6 Å². The molecule has 0 fully saturated rings. The molecule has 0 saturated heterocycles. The molecule has 2 heterocycles. The van der Waals surface area contributed by atoms with Crippen molar-refractivity contribution in [1.29, 1.82) is 0 Å². The second-order valence-corrected chi connectivity index (χ2v) is 21.7. The predicted molar refractivity (Wildman–Crippen MR) is 322 cm³/mol. The van der Waals surface area contributed by atoms with Gasteiger partial charge in [-0.25, -0.2) is 0 Å². The number of para-hydroxylation sites is 3. The van der Waals surface area contributed by atoms with Crippen LogP contribution in [0.1, 0.15) is 44.5 Å². The molecule has 0 unspecified atom stereocenters. The summed E-state index contributed by atoms with van der Waals surface area (Å²) in [4.78, 5) is 5.03. The molecule has 0 radical (unpaired) electrons. The molecule has 1 spiro atoms. The first-order chi connectivity index (χ1) is 38.2. The summed E-state index contributed by atoms with van der Waals surface area (Å²) in [5.74, 6) is 0. The molecule has 2 nitrogen and oxygen atoms in total. The molecule has 13 aromatic rings. The Balaban J connectivity index is 0.981. The van der Waals surface area contributed by atoms with Gasteiger partial charge in [-0.05, 0) is 145 Å². The zero-order valence-corrected chi connectivity index (χ0v) is 42.8. The van der Waals surface area contributed by atoms with E-state index in [1.807, 2.05) is 11.3 Å². The number of hydrogen-bond acceptors (Lipinski definition) is 3. The van der Waals surface area contributed by atoms with Gasteiger partial charge < -0.3 is 9.80 Å². The van der Waals surface area contributed by atoms with E-state index in [2.05, 4.69) is 301 Å². The third-order valence-corrected chi connectivity index (χ3v) is 18.1. The molecular weight excluding hydrogens is 949 g/mol. The van der Waals surface area contributed by atoms with Crippen LogP contribution in [0.15, 0.2) is 291 Å². The Kier molecular flexibility index (Phi) is 9.67. The zero-order valence-electron chi connectivity index (χ0n) is 42.0. The minimum absolute atomic E-state index is 0.577. The third-order valence-electron chi connectivity index (χ3n) is 16.9. The van der Waals surface area contributed by atoms with Gasteiger partial charge in [-0.1, -0.05) is 218 Å². The highest BCUT2D eigenvalue weighted by molar-refractivity contribution is 7.25. The predicted octanol–water partition coefficient (Wildman–Crippen LogP) is 19.7. The average Bonchev–Trinajstić information content (AvgIpc) is 4.31. The standard InChI is InChI=1S/C74H48N2S/c1-4-23-51(24-5-1)73(52-25-6-2-7-26-52)61-33-13-10-30-56(61)57-44-43-55(48-66(57)73)75(54-29-20-22-49(46-54)50-42-45-71-60(47-50)58-31-12-19-41-70(58)77-71)69-40-21-37-65-72(69)59-32-11-14-34-62(59)74(65)63-35-15-17-38-67(63)76(53-27-8-3-9-28-53)68-39-18-16-36-64(68)74/h1-48H. The smallest absolute Gasteiger partial charge is 0.0755 e. The summed E-state index contributed by atoms with van der Waals surface area (Å²) in [5.41, 5.74) is 23.1. The molecule has 0 bridgehead atoms. The Hall–Kier alpha value is -9.54. The molecule has 360 valence electrons. The van der Waals surface area contributed by atoms with Crippen molar-refractivity contribution < 1.29 is 0 Å². The van der Waals surface area contributed by atoms with Gasteiger partial charge in [-0.3, -0.25) is 0 Å². The topological polar surface area (TPSA) is 6.48 Å². The lowest BCUT2D eigenvalue weighted by molar-refractivity contribution is 0.752. The number of hydrogen-bond donors (Lipinski definition) is 0. The van der Waals surface area contributed by atoms with Crippen LogP contribution < -0.4 is 9.80 Å². The van der Waals surface area contributed by atoms with Gasteiger partial charge >= 0.3 is 0 Å². The minimum atomic E-state index is -0.623. The maximum Gasteiger partial charge on any atom is 0.0755 e. The number of anilines is 6. The van der Waals surface area contributed by atoms with E-state index in [4.69, 9.17) is 0 Å². The minimum Gasteiger partial charge on any atom is -0.310 e. The molecule has 0 saturated carbocycles. The molecule has 16 rings (SSSR count). The molecule has 0 amide bonds. The van der Waals surface area contributed by atoms with Crippen molar-refractivity contribution in [3.63, 3.8) is 0 Å². The molecular formula is C74H48N2S. The normalized spacial score (nSPS) is 13.9. The first-order valence-corrected chi connectivity index (χ1v) is 27.5. The lowest BCUT2D eigenvalue weighted by Crippen LogP contribution is -2.36. The zero-order chi connectivity index (χ0) is 50.7. The van der Waals surface area contributed by atoms with Crippen LogP contribution in [0.25, 0.3) is 53.6 Å². The Morgan fingerprint density at radius 3 is 1.57 bits per heavy atom. The molecule has 3 heteroatoms. The van der Waals surface area contributed by atoms with E-state index in [9.17, 15) is 0 Å². The van der Waals surface area contributed by atoms with E-state index in [0.29, 0.717) is 0 Å². The largest absolute Gasteiger partial charge is 0.310 e. The van der Waals surface area contributed by atoms with Gasteiger partial charge in [0.05, 0.1) is 27.9 Å². The van der Waals surface area contributed by atoms with E-state index in [-0.39, 0.29) is 0 Å². The van der Waals surface area contributed by atoms with E-state index >= 15 is 0 Å². The molecule has 12 aromatic carbocycles. The summed E-state index contributed by atoms with van der Waals surface area (Å²) in [6.07, 6.45) is 0. The molecule has 3 aliphatic rings. The van der Waals surface area contributed by atoms with Gasteiger partial charge in [-0.15, -0.1) is 11.3 Å². The number of rotatable bonds is 7. The highest BCUT2D eigenvalue weighted by Crippen LogP contribution is 2.66. The molecule has 0 N–H and O–H groups in total. The summed E-state index contributed by atoms with van der Waals surface area (Å²) < 4.78 is 2.62. The summed E-state index contributed by atoms with van der Waals surface area (Å²) in [6, 6.07) is 109. The van der Waals surface area contributed by atoms with Crippen LogP contribution in [0.2, 0.25) is 0 Å². The van der Waals surface area contributed by atoms with Crippen LogP contribution in [-0.4, -0.2) is 0 Å². The fourth-order valence-electron chi connectivity index (χ4n) is 13.9. The first-order valence-electron chi connectivity index (χ1n) is 26.7. The van der Waals surface area contributed by atoms with E-state index in [0.717, 1.165) is 22.7 Å². The van der Waals surface area contributed by atoms with Gasteiger partial charge in [0.15, 0.2) is 0 Å². The second kappa shape index (κ2) is 17.0. The molecule has 1 aromatic heterocycles. The van der Waals surface area contributed by atoms with Gasteiger partial charge in [-0.2, -0.15) is 0 Å². The fourth-order valence-corrected chi connectivity index (χ4v) is 15.0. The number of fused-ring (bicyclic) bond motifs is 15. The quantitative estimate of drug-likeness (QED) is 0.157. The van der Waals surface area contributed by atoms with Crippen LogP contribution in [0.4, 0.5) is 34.1 Å². The first kappa shape index (κ1) is 43.8. The highest BCUT2D eigenvalue weighted by Gasteiger charge is 2.53. The molecule has 77 heavy (non-hydrogen) atoms. The molecule has 1 aliphatic heterocycles. The monoisotopic (exact) mass is 996 g/mol. The van der Waals surface area contributed by atoms with Crippen LogP contribution in [0.5, 0.6) is 0 Å². The van der Waals surface area contributed by atoms with Crippen molar-refractivity contribution in [2.45, 2.75) is 10.8 Å². The lowest BCUT2D eigenvalue weighted by Gasteiger charge is -2.45. The second-order valence-electron chi connectivity index (χ2n) is 20.7. The van der Waals surface area contributed by atoms with Crippen LogP contribution in [-0.2, 0) is 10.8 Å². The van der Waals surface area contributed by atoms with Crippen LogP contribution in [0.3, 0.4) is 0 Å². The Labute approximate surface area is 452 Å². The molecule has 0 atom stereocenters. The summed E-state index contributed by atoms with van der Waals surface area (Å²) >= 11 is 1.86. The van der Waals surface area contributed by atoms with E-state index < -0.39 is 10.8 Å². The van der Waals surface area contributed by atoms with Gasteiger partial charge in [0, 0.05) is 42.8 Å². The maximum atomic E-state index is 2.57. The average molecular weight is 997 g/mol. The van der Waals surface area contributed by atoms with Crippen LogP contribution >= 0.6 is 11.3 Å². The third kappa shape index (κ3) is 6.18. The van der Waals surface area contributed by atoms with E-state index in [1.54, 1.807) is 0 Å². The summed E-state index contributed by atoms with van der Waals surface area (Å²) in [6.45, 7) is 0. The van der Waals surface area contributed by atoms with Crippen molar-refractivity contribution in [1.82, 2.24) is 0 Å². The Bertz CT molecular complexity index is 4390. The van der Waals surface area contributed by atoms with Gasteiger partial charge in [0.25, 0.3) is 0 Å². The van der Waals surface area contributed by atoms with E-state index in [1.165, 1.54) is 109 Å². The Morgan fingerprint density at radius 1 is 0.312 bits per heavy atom. The maximum absolute atomic E-state index is 2.57. The summed E-state index contributed by atoms with van der Waals surface area (Å²) in [5, 5.41) is 2.60. The fraction of sp³-hybridized carbons (Fsp3) is 0.0270. The van der Waals surface area contributed by atoms with Crippen molar-refractivity contribution in [2.75, 3.05) is 9.80 Å². The Morgan fingerprint density at radius 2 is 0.844 bits per heavy atom. The number of benzene rings is 12. The van der Waals surface area contributed by atoms with Gasteiger partial charge in [0.2, 0.25) is 0 Å². The number of nitrogens with zero attached hydrogens (tertiary/aromatic N) is 2. The van der Waals surface area contributed by atoms with Crippen molar-refractivity contribution in [3.05, 3.63) is 336 Å². The van der Waals surface area contributed by atoms with Crippen LogP contribution in [0, 0.1) is 0 Å². The highest BCUT2D eigenvalue weighted by atomic mass is 32.1. The van der Waals surface area contributed by atoms with Gasteiger partial charge in [0.1, 0.15) is 0 Å². The summed E-state index contributed by atoms with van der Waals surface area (Å²) in [7, 11) is 0. The molecule has 2 aliphatic carbocycles. The number of thiophene rings is 1.